The Balaban J connectivity index is 1.34. The molecule has 1 spiro atoms. The van der Waals surface area contributed by atoms with Crippen LogP contribution in [0.1, 0.15) is 72.1 Å². The quantitative estimate of drug-likeness (QED) is 0.446. The first-order valence-electron chi connectivity index (χ1n) is 12.4. The van der Waals surface area contributed by atoms with E-state index in [1.165, 1.54) is 50.1 Å². The molecule has 1 saturated carbocycles. The predicted molar refractivity (Wildman–Crippen MR) is 133 cm³/mol. The van der Waals surface area contributed by atoms with Gasteiger partial charge in [0.05, 0.1) is 17.9 Å². The fraction of sp³-hybridized carbons (Fsp3) is 0.538. The fourth-order valence-corrected chi connectivity index (χ4v) is 8.01. The Labute approximate surface area is 197 Å². The summed E-state index contributed by atoms with van der Waals surface area (Å²) in [5, 5.41) is 9.47. The van der Waals surface area contributed by atoms with Crippen LogP contribution in [0.3, 0.4) is 0 Å². The van der Waals surface area contributed by atoms with Crippen LogP contribution in [0.25, 0.3) is 27.1 Å². The fourth-order valence-electron chi connectivity index (χ4n) is 6.69. The number of rotatable bonds is 3. The molecule has 2 N–H and O–H groups in total. The smallest absolute Gasteiger partial charge is 0.158 e. The van der Waals surface area contributed by atoms with Crippen LogP contribution in [0.2, 0.25) is 0 Å². The number of hydrogen-bond donors (Lipinski definition) is 2. The van der Waals surface area contributed by atoms with Crippen LogP contribution in [0.5, 0.6) is 0 Å². The van der Waals surface area contributed by atoms with Crippen LogP contribution in [0, 0.1) is 6.92 Å². The van der Waals surface area contributed by atoms with E-state index in [-0.39, 0.29) is 5.60 Å². The van der Waals surface area contributed by atoms with Crippen molar-refractivity contribution in [3.63, 3.8) is 0 Å². The summed E-state index contributed by atoms with van der Waals surface area (Å²) >= 11 is 1.97. The number of nitrogens with zero attached hydrogens (tertiary/aromatic N) is 3. The molecule has 2 fully saturated rings. The maximum atomic E-state index is 6.18. The number of morpholine rings is 1. The molecule has 0 amide bonds. The van der Waals surface area contributed by atoms with Crippen molar-refractivity contribution in [2.24, 2.45) is 0 Å². The second kappa shape index (κ2) is 7.14. The number of nitrogens with one attached hydrogen (secondary N) is 2. The lowest BCUT2D eigenvalue weighted by Crippen LogP contribution is -2.56. The molecule has 7 heteroatoms. The monoisotopic (exact) mass is 461 g/mol. The van der Waals surface area contributed by atoms with Crippen molar-refractivity contribution in [1.82, 2.24) is 24.9 Å². The van der Waals surface area contributed by atoms with Crippen molar-refractivity contribution < 1.29 is 4.74 Å². The average molecular weight is 462 g/mol. The van der Waals surface area contributed by atoms with E-state index in [1.54, 1.807) is 11.2 Å². The summed E-state index contributed by atoms with van der Waals surface area (Å²) in [4.78, 5) is 11.3. The third-order valence-electron chi connectivity index (χ3n) is 8.19. The maximum Gasteiger partial charge on any atom is 0.158 e. The number of ether oxygens (including phenoxy) is 1. The summed E-state index contributed by atoms with van der Waals surface area (Å²) in [7, 11) is 0. The van der Waals surface area contributed by atoms with Crippen molar-refractivity contribution in [2.45, 2.75) is 70.3 Å². The molecule has 4 aromatic rings. The molecule has 3 aliphatic rings. The van der Waals surface area contributed by atoms with Crippen molar-refractivity contribution >= 4 is 27.2 Å². The summed E-state index contributed by atoms with van der Waals surface area (Å²) in [6.45, 7) is 9.83. The summed E-state index contributed by atoms with van der Waals surface area (Å²) in [5.74, 6) is 1.06. The summed E-state index contributed by atoms with van der Waals surface area (Å²) in [5.41, 5.74) is 9.50. The molecular formula is C26H31N5OS. The first-order valence-corrected chi connectivity index (χ1v) is 13.2. The Morgan fingerprint density at radius 3 is 2.88 bits per heavy atom. The molecule has 33 heavy (non-hydrogen) atoms. The normalized spacial score (nSPS) is 24.9. The number of pyridine rings is 1. The molecule has 172 valence electrons. The first kappa shape index (κ1) is 20.2. The van der Waals surface area contributed by atoms with E-state index in [0.717, 1.165) is 51.0 Å². The van der Waals surface area contributed by atoms with Crippen LogP contribution in [-0.4, -0.2) is 44.9 Å². The Morgan fingerprint density at radius 2 is 2.09 bits per heavy atom. The van der Waals surface area contributed by atoms with E-state index in [4.69, 9.17) is 4.74 Å². The van der Waals surface area contributed by atoms with Gasteiger partial charge in [0, 0.05) is 40.7 Å². The van der Waals surface area contributed by atoms with Crippen molar-refractivity contribution in [1.29, 1.82) is 0 Å². The van der Waals surface area contributed by atoms with Gasteiger partial charge in [-0.05, 0) is 67.6 Å². The second-order valence-corrected chi connectivity index (χ2v) is 11.6. The molecule has 0 bridgehead atoms. The number of aryl methyl sites for hydroxylation is 2. The highest BCUT2D eigenvalue weighted by Crippen LogP contribution is 2.53. The van der Waals surface area contributed by atoms with Crippen LogP contribution < -0.4 is 5.32 Å². The molecule has 1 aliphatic heterocycles. The highest BCUT2D eigenvalue weighted by molar-refractivity contribution is 7.19. The van der Waals surface area contributed by atoms with Gasteiger partial charge in [0.25, 0.3) is 0 Å². The molecule has 5 heterocycles. The summed E-state index contributed by atoms with van der Waals surface area (Å²) < 4.78 is 8.15. The highest BCUT2D eigenvalue weighted by atomic mass is 32.1. The Hall–Kier alpha value is -2.22. The third kappa shape index (κ3) is 2.85. The highest BCUT2D eigenvalue weighted by Gasteiger charge is 2.48. The lowest BCUT2D eigenvalue weighted by molar-refractivity contribution is -0.125. The summed E-state index contributed by atoms with van der Waals surface area (Å²) in [6.07, 6.45) is 9.59. The first-order chi connectivity index (χ1) is 16.0. The predicted octanol–water partition coefficient (Wildman–Crippen LogP) is 5.10. The van der Waals surface area contributed by atoms with Crippen molar-refractivity contribution in [2.75, 3.05) is 19.7 Å². The van der Waals surface area contributed by atoms with Crippen LogP contribution in [0.15, 0.2) is 12.5 Å². The topological polar surface area (TPSA) is 67.2 Å². The number of H-pyrrole nitrogens is 1. The van der Waals surface area contributed by atoms with E-state index < -0.39 is 0 Å². The van der Waals surface area contributed by atoms with Gasteiger partial charge in [0.15, 0.2) is 5.65 Å². The molecule has 2 aliphatic carbocycles. The summed E-state index contributed by atoms with van der Waals surface area (Å²) in [6, 6.07) is 0. The van der Waals surface area contributed by atoms with Gasteiger partial charge in [-0.15, -0.1) is 11.3 Å². The Morgan fingerprint density at radius 1 is 1.24 bits per heavy atom. The van der Waals surface area contributed by atoms with Gasteiger partial charge in [-0.25, -0.2) is 9.50 Å². The standard InChI is InChI=1S/C26H31N5OS/c1-14(2)20-21-15(3)23(16-9-26(10-16)12-27-7-8-32-26)33-25(21)30-22(20)19-11-31-24(28-13-29-31)18-6-4-5-17(18)19/h11,13-14,16,27,30H,4-10,12H2,1-3H3/t16-,26-. The maximum absolute atomic E-state index is 6.18. The minimum Gasteiger partial charge on any atom is -0.372 e. The van der Waals surface area contributed by atoms with E-state index in [9.17, 15) is 0 Å². The van der Waals surface area contributed by atoms with E-state index in [0.29, 0.717) is 11.8 Å². The second-order valence-electron chi connectivity index (χ2n) is 10.6. The van der Waals surface area contributed by atoms with Gasteiger partial charge in [0.1, 0.15) is 11.2 Å². The van der Waals surface area contributed by atoms with E-state index in [1.807, 2.05) is 15.9 Å². The Kier molecular flexibility index (Phi) is 4.37. The zero-order valence-electron chi connectivity index (χ0n) is 19.6. The van der Waals surface area contributed by atoms with Gasteiger partial charge in [-0.3, -0.25) is 0 Å². The third-order valence-corrected chi connectivity index (χ3v) is 9.56. The van der Waals surface area contributed by atoms with E-state index in [2.05, 4.69) is 47.4 Å². The van der Waals surface area contributed by atoms with Gasteiger partial charge in [-0.2, -0.15) is 5.10 Å². The SMILES string of the molecule is Cc1c2c(C(C)C)c(-c3cn4ncnc4c4c3CCC4)[nH]c2sc1[C@H]1C[C@@]2(CNCCO2)C1. The lowest BCUT2D eigenvalue weighted by atomic mass is 9.69. The molecule has 1 saturated heterocycles. The zero-order chi connectivity index (χ0) is 22.3. The molecule has 0 atom stereocenters. The number of thiophene rings is 1. The number of hydrogen-bond acceptors (Lipinski definition) is 5. The minimum atomic E-state index is 0.0763. The van der Waals surface area contributed by atoms with Gasteiger partial charge < -0.3 is 15.0 Å². The van der Waals surface area contributed by atoms with Gasteiger partial charge >= 0.3 is 0 Å². The molecular weight excluding hydrogens is 430 g/mol. The lowest BCUT2D eigenvalue weighted by Gasteiger charge is -2.49. The van der Waals surface area contributed by atoms with Crippen LogP contribution in [0.4, 0.5) is 0 Å². The molecule has 0 radical (unpaired) electrons. The van der Waals surface area contributed by atoms with Gasteiger partial charge in [-0.1, -0.05) is 13.8 Å². The molecule has 7 rings (SSSR count). The zero-order valence-corrected chi connectivity index (χ0v) is 20.4. The van der Waals surface area contributed by atoms with Crippen LogP contribution >= 0.6 is 11.3 Å². The molecule has 4 aromatic heterocycles. The largest absolute Gasteiger partial charge is 0.372 e. The Bertz CT molecular complexity index is 1380. The number of fused-ring (bicyclic) bond motifs is 4. The van der Waals surface area contributed by atoms with Crippen LogP contribution in [-0.2, 0) is 17.6 Å². The van der Waals surface area contributed by atoms with Crippen molar-refractivity contribution in [3.8, 4) is 11.3 Å². The van der Waals surface area contributed by atoms with E-state index >= 15 is 0 Å². The molecule has 6 nitrogen and oxygen atoms in total. The number of aromatic amines is 1. The molecule has 0 unspecified atom stereocenters. The molecule has 0 aromatic carbocycles. The van der Waals surface area contributed by atoms with Crippen molar-refractivity contribution in [3.05, 3.63) is 39.7 Å². The minimum absolute atomic E-state index is 0.0763. The van der Waals surface area contributed by atoms with Gasteiger partial charge in [0.2, 0.25) is 0 Å². The average Bonchev–Trinajstić information content (AvgIpc) is 3.55. The number of aromatic nitrogens is 4.